The Balaban J connectivity index is 1.20. The third-order valence-corrected chi connectivity index (χ3v) is 18.2. The summed E-state index contributed by atoms with van der Waals surface area (Å²) in [6, 6.07) is 7.38. The van der Waals surface area contributed by atoms with E-state index in [0.29, 0.717) is 64.7 Å². The molecule has 0 radical (unpaired) electrons. The number of nitrogens with two attached hydrogens (primary N) is 1. The number of anilines is 3. The first kappa shape index (κ1) is 70.0. The molecule has 4 bridgehead atoms. The van der Waals surface area contributed by atoms with Crippen LogP contribution in [0.5, 0.6) is 5.75 Å². The number of allylic oxidation sites excluding steroid dienone is 3. The molecule has 9 N–H and O–H groups in total. The van der Waals surface area contributed by atoms with E-state index in [2.05, 4.69) is 68.7 Å². The van der Waals surface area contributed by atoms with Crippen molar-refractivity contribution in [2.75, 3.05) is 60.6 Å². The first-order chi connectivity index (χ1) is 41.1. The van der Waals surface area contributed by atoms with Crippen LogP contribution in [0.4, 0.5) is 31.4 Å². The van der Waals surface area contributed by atoms with Gasteiger partial charge in [-0.3, -0.25) is 30.0 Å². The number of ether oxygens (including phenoxy) is 6. The van der Waals surface area contributed by atoms with Crippen molar-refractivity contribution >= 4 is 114 Å². The molecule has 3 aliphatic heterocycles. The van der Waals surface area contributed by atoms with Crippen LogP contribution in [-0.2, 0) is 49.3 Å². The highest BCUT2D eigenvalue weighted by Gasteiger charge is 2.64. The van der Waals surface area contributed by atoms with Gasteiger partial charge in [0.25, 0.3) is 0 Å². The number of alkyl carbamates (subject to hydrolysis) is 1. The second-order valence-corrected chi connectivity index (χ2v) is 25.2. The van der Waals surface area contributed by atoms with E-state index in [9.17, 15) is 38.7 Å². The molecular weight excluding hydrogens is 1280 g/mol. The summed E-state index contributed by atoms with van der Waals surface area (Å²) < 4.78 is 36.2. The summed E-state index contributed by atoms with van der Waals surface area (Å²) in [5.41, 5.74) is 3.98. The number of urea groups is 1. The first-order valence-corrected chi connectivity index (χ1v) is 31.7. The number of hydrogen-bond donors (Lipinski definition) is 8. The van der Waals surface area contributed by atoms with E-state index in [1.165, 1.54) is 13.3 Å². The number of pyridine rings is 1. The molecule has 2 fully saturated rings. The highest BCUT2D eigenvalue weighted by molar-refractivity contribution is 9.10. The fourth-order valence-electron chi connectivity index (χ4n) is 11.1. The average molecular weight is 1360 g/mol. The number of alkyl halides is 2. The van der Waals surface area contributed by atoms with Crippen molar-refractivity contribution in [1.29, 1.82) is 0 Å². The van der Waals surface area contributed by atoms with Gasteiger partial charge in [0, 0.05) is 74.7 Å². The lowest BCUT2D eigenvalue weighted by Crippen LogP contribution is -2.63. The van der Waals surface area contributed by atoms with Crippen LogP contribution in [0.3, 0.4) is 0 Å². The molecule has 4 heterocycles. The van der Waals surface area contributed by atoms with Crippen molar-refractivity contribution in [2.24, 2.45) is 17.6 Å². The normalized spacial score (nSPS) is 24.1. The third kappa shape index (κ3) is 18.5. The highest BCUT2D eigenvalue weighted by atomic mass is 79.9. The number of nitrogens with zero attached hydrogens (tertiary/aromatic N) is 2. The Morgan fingerprint density at radius 2 is 1.77 bits per heavy atom. The summed E-state index contributed by atoms with van der Waals surface area (Å²) in [5, 5.41) is 29.9. The van der Waals surface area contributed by atoms with Crippen molar-refractivity contribution in [3.05, 3.63) is 77.0 Å². The number of carbonyl (C=O) groups is 7. The van der Waals surface area contributed by atoms with Crippen molar-refractivity contribution < 1.29 is 67.1 Å². The standard InChI is InChI=1S/C61H84Br2ClN9O14/c1-35(2)50(71-48(75)20-11-12-24-58(5,6)87-60(32-62,33-63)34-74)54(77)69-42(18-15-26-67-55(65)78)53(76)68-40-21-22-41(51-39(40)17-14-25-66-51)70-56(79)85-46-23-27-73(8)43-29-38(30-44(82-9)49(43)64)28-36(3)16-13-19-47(83-10)61(81)31-45(84-57(80)72-61)37(4)52-59(46,7)86-52/h13-14,16-17,19,21-22,25,29-30,34-35,37,42,45-47,50,52,81H,11-12,15,18,20,23-24,26-28,31-33H2,1-10H3,(H,68,76)(H,69,77)(H,70,79)(H,71,75)(H,72,80)(H3,65,67,78)/b19-13+,36-16+/t37-,42+,45+,46+,47-,50+,52+,59+,61+/m1/s1. The summed E-state index contributed by atoms with van der Waals surface area (Å²) in [6.45, 7) is 13.3. The van der Waals surface area contributed by atoms with Crippen LogP contribution in [0.2, 0.25) is 5.02 Å². The zero-order valence-corrected chi connectivity index (χ0v) is 55.0. The quantitative estimate of drug-likeness (QED) is 0.0180. The first-order valence-electron chi connectivity index (χ1n) is 29.1. The molecule has 87 heavy (non-hydrogen) atoms. The van der Waals surface area contributed by atoms with Crippen molar-refractivity contribution in [1.82, 2.24) is 26.3 Å². The summed E-state index contributed by atoms with van der Waals surface area (Å²) >= 11 is 13.7. The monoisotopic (exact) mass is 1360 g/mol. The predicted octanol–water partition coefficient (Wildman–Crippen LogP) is 8.49. The van der Waals surface area contributed by atoms with Crippen LogP contribution in [0.15, 0.2) is 66.4 Å². The molecule has 0 unspecified atom stereocenters. The molecule has 1 aromatic heterocycles. The number of hydrogen-bond acceptors (Lipinski definition) is 16. The minimum absolute atomic E-state index is 0.0558. The number of carbonyl (C=O) groups excluding carboxylic acids is 7. The lowest BCUT2D eigenvalue weighted by atomic mass is 9.83. The maximum absolute atomic E-state index is 14.4. The molecule has 0 spiro atoms. The van der Waals surface area contributed by atoms with Crippen LogP contribution in [0.25, 0.3) is 10.9 Å². The van der Waals surface area contributed by atoms with E-state index in [4.69, 9.17) is 45.8 Å². The summed E-state index contributed by atoms with van der Waals surface area (Å²) in [7, 11) is 4.85. The van der Waals surface area contributed by atoms with Gasteiger partial charge in [-0.15, -0.1) is 0 Å². The number of fused-ring (bicyclic) bond motifs is 6. The molecule has 26 heteroatoms. The Hall–Kier alpha value is -6.09. The largest absolute Gasteiger partial charge is 0.495 e. The molecular formula is C61H84Br2ClN9O14. The van der Waals surface area contributed by atoms with Crippen LogP contribution in [-0.4, -0.2) is 156 Å². The lowest BCUT2D eigenvalue weighted by molar-refractivity contribution is -0.146. The maximum atomic E-state index is 14.4. The molecule has 2 saturated heterocycles. The highest BCUT2D eigenvalue weighted by Crippen LogP contribution is 2.49. The van der Waals surface area contributed by atoms with Gasteiger partial charge in [-0.1, -0.05) is 94.5 Å². The fourth-order valence-corrected chi connectivity index (χ4v) is 12.8. The van der Waals surface area contributed by atoms with Gasteiger partial charge in [0.15, 0.2) is 12.0 Å². The number of amides is 7. The number of benzene rings is 2. The van der Waals surface area contributed by atoms with Gasteiger partial charge < -0.3 is 70.2 Å². The lowest BCUT2D eigenvalue weighted by Gasteiger charge is -2.42. The Morgan fingerprint density at radius 1 is 1.05 bits per heavy atom. The van der Waals surface area contributed by atoms with E-state index < -0.39 is 95.0 Å². The van der Waals surface area contributed by atoms with Gasteiger partial charge in [0.1, 0.15) is 52.4 Å². The van der Waals surface area contributed by atoms with Gasteiger partial charge in [-0.2, -0.15) is 0 Å². The number of aliphatic hydroxyl groups is 1. The zero-order valence-electron chi connectivity index (χ0n) is 51.0. The molecule has 7 amide bonds. The second-order valence-electron chi connectivity index (χ2n) is 23.7. The number of primary amides is 1. The zero-order chi connectivity index (χ0) is 64.0. The van der Waals surface area contributed by atoms with Crippen LogP contribution < -0.4 is 47.3 Å². The van der Waals surface area contributed by atoms with Gasteiger partial charge in [-0.05, 0) is 108 Å². The SMILES string of the molecule is COc1cc2cc(c1Cl)N(C)CC[C@H](OC(=O)Nc1ccc(NC(=O)[C@H](CCCNC(N)=O)NC(=O)[C@@H](NC(=O)CCCCC(C)(C)OC(C=O)(CBr)CBr)C(C)C)c3cccnc13)[C@]1(C)O[C@H]1[C@H](C)[C@@H]1C[C@@](O)(NC(=O)O1)[C@H](OC)/C=C/C=C(\C)C2. The number of rotatable bonds is 24. The molecule has 3 aliphatic rings. The molecule has 0 aliphatic carbocycles. The smallest absolute Gasteiger partial charge is 0.412 e. The third-order valence-electron chi connectivity index (χ3n) is 16.0. The van der Waals surface area contributed by atoms with Crippen molar-refractivity contribution in [3.63, 3.8) is 0 Å². The number of epoxide rings is 1. The van der Waals surface area contributed by atoms with Crippen LogP contribution in [0, 0.1) is 11.8 Å². The minimum atomic E-state index is -1.85. The number of methoxy groups -OCH3 is 2. The van der Waals surface area contributed by atoms with E-state index in [1.54, 1.807) is 57.4 Å². The van der Waals surface area contributed by atoms with Gasteiger partial charge >= 0.3 is 18.2 Å². The summed E-state index contributed by atoms with van der Waals surface area (Å²) in [5.74, 6) is -2.01. The van der Waals surface area contributed by atoms with Gasteiger partial charge in [0.05, 0.1) is 41.4 Å². The molecule has 2 aromatic carbocycles. The Morgan fingerprint density at radius 3 is 2.44 bits per heavy atom. The summed E-state index contributed by atoms with van der Waals surface area (Å²) in [6.07, 6.45) is 5.29. The topological polar surface area (TPSA) is 313 Å². The molecule has 3 aromatic rings. The van der Waals surface area contributed by atoms with E-state index in [0.717, 1.165) is 17.4 Å². The van der Waals surface area contributed by atoms with Crippen LogP contribution >= 0.6 is 43.5 Å². The predicted molar refractivity (Wildman–Crippen MR) is 339 cm³/mol. The number of unbranched alkanes of at least 4 members (excludes halogenated alkanes) is 1. The second kappa shape index (κ2) is 30.9. The number of aldehydes is 1. The summed E-state index contributed by atoms with van der Waals surface area (Å²) in [4.78, 5) is 99.2. The molecule has 478 valence electrons. The Labute approximate surface area is 530 Å². The number of aromatic nitrogens is 1. The van der Waals surface area contributed by atoms with Crippen molar-refractivity contribution in [3.8, 4) is 5.75 Å². The maximum Gasteiger partial charge on any atom is 0.412 e. The minimum Gasteiger partial charge on any atom is -0.495 e. The fraction of sp³-hybridized carbons (Fsp3) is 0.574. The van der Waals surface area contributed by atoms with E-state index >= 15 is 0 Å². The van der Waals surface area contributed by atoms with E-state index in [-0.39, 0.29) is 67.4 Å². The number of nitrogens with one attached hydrogen (secondary N) is 6. The molecule has 6 rings (SSSR count). The van der Waals surface area contributed by atoms with Crippen molar-refractivity contribution in [2.45, 2.75) is 165 Å². The molecule has 9 atom stereocenters. The van der Waals surface area contributed by atoms with Gasteiger partial charge in [-0.25, -0.2) is 14.4 Å². The Bertz CT molecular complexity index is 3020. The molecule has 23 nitrogen and oxygen atoms in total. The van der Waals surface area contributed by atoms with Gasteiger partial charge in [0.2, 0.25) is 17.7 Å². The van der Waals surface area contributed by atoms with Crippen LogP contribution in [0.1, 0.15) is 105 Å². The average Bonchev–Trinajstić information content (AvgIpc) is 1.77. The number of halogens is 3. The van der Waals surface area contributed by atoms with E-state index in [1.807, 2.05) is 64.8 Å². The Kier molecular flexibility index (Phi) is 24.9. The molecule has 0 saturated carbocycles.